The minimum atomic E-state index is 0.0752. The van der Waals surface area contributed by atoms with Gasteiger partial charge in [0, 0.05) is 16.0 Å². The lowest BCUT2D eigenvalue weighted by molar-refractivity contribution is 0.800. The van der Waals surface area contributed by atoms with E-state index in [0.29, 0.717) is 0 Å². The summed E-state index contributed by atoms with van der Waals surface area (Å²) in [7, 11) is 0. The van der Waals surface area contributed by atoms with E-state index in [2.05, 4.69) is 21.2 Å². The van der Waals surface area contributed by atoms with Crippen LogP contribution in [0, 0.1) is 0 Å². The second-order valence-corrected chi connectivity index (χ2v) is 4.85. The Labute approximate surface area is 95.5 Å². The highest BCUT2D eigenvalue weighted by molar-refractivity contribution is 9.10. The first-order chi connectivity index (χ1) is 6.18. The van der Waals surface area contributed by atoms with Crippen LogP contribution in [0.2, 0.25) is 5.02 Å². The average molecular weight is 281 g/mol. The molecule has 1 nitrogen and oxygen atoms in total. The normalized spacial score (nSPS) is 20.7. The molecular weight excluding hydrogens is 273 g/mol. The zero-order valence-corrected chi connectivity index (χ0v) is 9.88. The van der Waals surface area contributed by atoms with Gasteiger partial charge in [0.05, 0.1) is 11.1 Å². The quantitative estimate of drug-likeness (QED) is 0.703. The molecule has 13 heavy (non-hydrogen) atoms. The summed E-state index contributed by atoms with van der Waals surface area (Å²) in [6.45, 7) is 0.918. The number of nitrogens with one attached hydrogen (secondary N) is 1. The first-order valence-electron chi connectivity index (χ1n) is 4.05. The van der Waals surface area contributed by atoms with Crippen molar-refractivity contribution in [3.05, 3.63) is 27.2 Å². The fourth-order valence-electron chi connectivity index (χ4n) is 1.51. The fraction of sp³-hybridized carbons (Fsp3) is 0.333. The van der Waals surface area contributed by atoms with E-state index in [4.69, 9.17) is 23.2 Å². The van der Waals surface area contributed by atoms with Crippen LogP contribution in [0.4, 0.5) is 5.69 Å². The third kappa shape index (κ3) is 1.80. The molecule has 0 spiro atoms. The van der Waals surface area contributed by atoms with Crippen molar-refractivity contribution in [2.75, 3.05) is 11.9 Å². The van der Waals surface area contributed by atoms with Crippen molar-refractivity contribution in [2.45, 2.75) is 11.8 Å². The summed E-state index contributed by atoms with van der Waals surface area (Å²) >= 11 is 15.6. The lowest BCUT2D eigenvalue weighted by Gasteiger charge is -2.23. The van der Waals surface area contributed by atoms with Crippen LogP contribution in [-0.4, -0.2) is 6.54 Å². The fourth-order valence-corrected chi connectivity index (χ4v) is 2.76. The van der Waals surface area contributed by atoms with Crippen molar-refractivity contribution in [2.24, 2.45) is 0 Å². The van der Waals surface area contributed by atoms with E-state index in [1.54, 1.807) is 0 Å². The van der Waals surface area contributed by atoms with Gasteiger partial charge in [0.25, 0.3) is 0 Å². The zero-order chi connectivity index (χ0) is 9.42. The molecular formula is C9H8BrCl2N. The summed E-state index contributed by atoms with van der Waals surface area (Å²) in [5.41, 5.74) is 2.17. The van der Waals surface area contributed by atoms with Crippen LogP contribution >= 0.6 is 39.1 Å². The molecule has 0 bridgehead atoms. The third-order valence-electron chi connectivity index (χ3n) is 2.12. The van der Waals surface area contributed by atoms with Gasteiger partial charge < -0.3 is 5.32 Å². The Morgan fingerprint density at radius 1 is 1.46 bits per heavy atom. The number of fused-ring (bicyclic) bond motifs is 1. The molecule has 0 saturated heterocycles. The number of rotatable bonds is 0. The van der Waals surface area contributed by atoms with Gasteiger partial charge in [-0.3, -0.25) is 0 Å². The number of hydrogen-bond donors (Lipinski definition) is 1. The van der Waals surface area contributed by atoms with Gasteiger partial charge in [-0.1, -0.05) is 11.6 Å². The first-order valence-corrected chi connectivity index (χ1v) is 5.66. The standard InChI is InChI=1S/C9H8BrCl2N/c10-7-4-5(11)3-6-8(12)1-2-13-9(6)7/h3-4,8,13H,1-2H2. The van der Waals surface area contributed by atoms with Gasteiger partial charge >= 0.3 is 0 Å². The predicted molar refractivity (Wildman–Crippen MR) is 60.9 cm³/mol. The molecule has 1 unspecified atom stereocenters. The summed E-state index contributed by atoms with van der Waals surface area (Å²) in [6, 6.07) is 3.80. The number of halogens is 3. The Morgan fingerprint density at radius 2 is 2.23 bits per heavy atom. The zero-order valence-electron chi connectivity index (χ0n) is 6.78. The monoisotopic (exact) mass is 279 g/mol. The van der Waals surface area contributed by atoms with Crippen molar-refractivity contribution in [3.63, 3.8) is 0 Å². The molecule has 4 heteroatoms. The summed E-state index contributed by atoms with van der Waals surface area (Å²) in [4.78, 5) is 0. The van der Waals surface area contributed by atoms with E-state index in [-0.39, 0.29) is 5.38 Å². The lowest BCUT2D eigenvalue weighted by atomic mass is 10.0. The third-order valence-corrected chi connectivity index (χ3v) is 3.42. The van der Waals surface area contributed by atoms with Crippen molar-refractivity contribution < 1.29 is 0 Å². The molecule has 0 fully saturated rings. The van der Waals surface area contributed by atoms with Gasteiger partial charge in [-0.25, -0.2) is 0 Å². The Kier molecular flexibility index (Phi) is 2.72. The van der Waals surface area contributed by atoms with E-state index < -0.39 is 0 Å². The molecule has 1 heterocycles. The lowest BCUT2D eigenvalue weighted by Crippen LogP contribution is -2.14. The molecule has 0 aromatic heterocycles. The molecule has 1 N–H and O–H groups in total. The number of anilines is 1. The largest absolute Gasteiger partial charge is 0.384 e. The van der Waals surface area contributed by atoms with Crippen molar-refractivity contribution in [1.29, 1.82) is 0 Å². The Bertz CT molecular complexity index is 341. The molecule has 70 valence electrons. The summed E-state index contributed by atoms with van der Waals surface area (Å²) in [5.74, 6) is 0. The minimum absolute atomic E-state index is 0.0752. The van der Waals surface area contributed by atoms with E-state index in [1.807, 2.05) is 12.1 Å². The predicted octanol–water partition coefficient (Wildman–Crippen LogP) is 4.20. The minimum Gasteiger partial charge on any atom is -0.384 e. The number of benzene rings is 1. The van der Waals surface area contributed by atoms with Crippen LogP contribution < -0.4 is 5.32 Å². The first kappa shape index (κ1) is 9.63. The number of hydrogen-bond acceptors (Lipinski definition) is 1. The maximum Gasteiger partial charge on any atom is 0.0623 e. The van der Waals surface area contributed by atoms with Crippen LogP contribution in [0.5, 0.6) is 0 Å². The Morgan fingerprint density at radius 3 is 3.00 bits per heavy atom. The Balaban J connectivity index is 2.56. The van der Waals surface area contributed by atoms with Crippen LogP contribution in [0.1, 0.15) is 17.4 Å². The molecule has 1 aliphatic rings. The van der Waals surface area contributed by atoms with Gasteiger partial charge in [-0.15, -0.1) is 11.6 Å². The van der Waals surface area contributed by atoms with E-state index >= 15 is 0 Å². The van der Waals surface area contributed by atoms with Crippen molar-refractivity contribution in [3.8, 4) is 0 Å². The van der Waals surface area contributed by atoms with Crippen LogP contribution in [0.25, 0.3) is 0 Å². The number of alkyl halides is 1. The molecule has 0 radical (unpaired) electrons. The van der Waals surface area contributed by atoms with Gasteiger partial charge in [-0.2, -0.15) is 0 Å². The van der Waals surface area contributed by atoms with Crippen LogP contribution in [0.15, 0.2) is 16.6 Å². The molecule has 0 saturated carbocycles. The molecule has 1 atom stereocenters. The molecule has 0 amide bonds. The smallest absolute Gasteiger partial charge is 0.0623 e. The Hall–Kier alpha value is 0.0800. The maximum atomic E-state index is 6.17. The van der Waals surface area contributed by atoms with Gasteiger partial charge in [-0.05, 0) is 40.0 Å². The topological polar surface area (TPSA) is 12.0 Å². The van der Waals surface area contributed by atoms with Gasteiger partial charge in [0.15, 0.2) is 0 Å². The van der Waals surface area contributed by atoms with Crippen molar-refractivity contribution in [1.82, 2.24) is 0 Å². The molecule has 2 rings (SSSR count). The second kappa shape index (κ2) is 3.68. The highest BCUT2D eigenvalue weighted by Gasteiger charge is 2.20. The molecule has 1 aliphatic heterocycles. The van der Waals surface area contributed by atoms with E-state index in [9.17, 15) is 0 Å². The summed E-state index contributed by atoms with van der Waals surface area (Å²) in [5, 5.41) is 4.10. The second-order valence-electron chi connectivity index (χ2n) is 3.03. The van der Waals surface area contributed by atoms with Crippen molar-refractivity contribution >= 4 is 44.8 Å². The van der Waals surface area contributed by atoms with Gasteiger partial charge in [0.1, 0.15) is 0 Å². The summed E-state index contributed by atoms with van der Waals surface area (Å²) in [6.07, 6.45) is 0.946. The van der Waals surface area contributed by atoms with Crippen LogP contribution in [-0.2, 0) is 0 Å². The highest BCUT2D eigenvalue weighted by Crippen LogP contribution is 2.40. The SMILES string of the molecule is Clc1cc(Br)c2c(c1)C(Cl)CCN2. The molecule has 0 aliphatic carbocycles. The van der Waals surface area contributed by atoms with E-state index in [1.165, 1.54) is 0 Å². The van der Waals surface area contributed by atoms with Crippen LogP contribution in [0.3, 0.4) is 0 Å². The summed E-state index contributed by atoms with van der Waals surface area (Å²) < 4.78 is 0.986. The molecule has 1 aromatic rings. The average Bonchev–Trinajstić information content (AvgIpc) is 2.07. The van der Waals surface area contributed by atoms with Gasteiger partial charge in [0.2, 0.25) is 0 Å². The van der Waals surface area contributed by atoms with E-state index in [0.717, 1.165) is 33.7 Å². The highest BCUT2D eigenvalue weighted by atomic mass is 79.9. The maximum absolute atomic E-state index is 6.17. The molecule has 1 aromatic carbocycles.